The maximum atomic E-state index is 4.37. The highest BCUT2D eigenvalue weighted by atomic mass is 15.3. The maximum Gasteiger partial charge on any atom is 0.140 e. The Hall–Kier alpha value is -1.68. The van der Waals surface area contributed by atoms with Gasteiger partial charge in [-0.15, -0.1) is 0 Å². The molecule has 1 unspecified atom stereocenters. The quantitative estimate of drug-likeness (QED) is 0.885. The molecule has 1 heterocycles. The minimum absolute atomic E-state index is 0.609. The van der Waals surface area contributed by atoms with Crippen molar-refractivity contribution in [3.05, 3.63) is 47.5 Å². The van der Waals surface area contributed by atoms with Crippen LogP contribution in [-0.4, -0.2) is 20.8 Å². The zero-order valence-electron chi connectivity index (χ0n) is 10.9. The zero-order valence-corrected chi connectivity index (χ0v) is 10.9. The minimum Gasteiger partial charge on any atom is -0.307 e. The van der Waals surface area contributed by atoms with Crippen molar-refractivity contribution >= 4 is 0 Å². The molecule has 0 saturated heterocycles. The van der Waals surface area contributed by atoms with Crippen LogP contribution in [0.1, 0.15) is 35.7 Å². The van der Waals surface area contributed by atoms with Crippen LogP contribution in [0.2, 0.25) is 0 Å². The number of fused-ring (bicyclic) bond motifs is 1. The van der Waals surface area contributed by atoms with E-state index in [4.69, 9.17) is 0 Å². The molecule has 0 aliphatic heterocycles. The second-order valence-electron chi connectivity index (χ2n) is 5.61. The smallest absolute Gasteiger partial charge is 0.140 e. The molecule has 1 aromatic heterocycles. The summed E-state index contributed by atoms with van der Waals surface area (Å²) < 4.78 is 2.07. The van der Waals surface area contributed by atoms with Gasteiger partial charge >= 0.3 is 0 Å². The van der Waals surface area contributed by atoms with E-state index in [9.17, 15) is 0 Å². The standard InChI is InChI=1S/C15H18N4/c1-2-4-14-11(3-1)7-12(14)9-19-15(17-10-18-19)8-16-13-5-6-13/h1-4,10,12-13,16H,5-9H2. The van der Waals surface area contributed by atoms with E-state index in [1.54, 1.807) is 6.33 Å². The molecule has 0 amide bonds. The average molecular weight is 254 g/mol. The lowest BCUT2D eigenvalue weighted by molar-refractivity contribution is 0.453. The first-order chi connectivity index (χ1) is 9.40. The molecule has 1 fully saturated rings. The zero-order chi connectivity index (χ0) is 12.7. The highest BCUT2D eigenvalue weighted by Gasteiger charge is 2.27. The first-order valence-electron chi connectivity index (χ1n) is 7.08. The van der Waals surface area contributed by atoms with Gasteiger partial charge in [0, 0.05) is 12.0 Å². The van der Waals surface area contributed by atoms with Crippen LogP contribution < -0.4 is 5.32 Å². The minimum atomic E-state index is 0.609. The Labute approximate surface area is 112 Å². The van der Waals surface area contributed by atoms with E-state index >= 15 is 0 Å². The number of nitrogens with zero attached hydrogens (tertiary/aromatic N) is 3. The van der Waals surface area contributed by atoms with Crippen LogP contribution >= 0.6 is 0 Å². The van der Waals surface area contributed by atoms with Crippen LogP contribution in [0.3, 0.4) is 0 Å². The summed E-state index contributed by atoms with van der Waals surface area (Å²) in [4.78, 5) is 4.37. The topological polar surface area (TPSA) is 42.7 Å². The fraction of sp³-hybridized carbons (Fsp3) is 0.467. The van der Waals surface area contributed by atoms with Crippen LogP contribution in [0.15, 0.2) is 30.6 Å². The highest BCUT2D eigenvalue weighted by molar-refractivity contribution is 5.39. The third-order valence-electron chi connectivity index (χ3n) is 4.18. The normalized spacial score (nSPS) is 20.9. The number of benzene rings is 1. The summed E-state index contributed by atoms with van der Waals surface area (Å²) in [5.74, 6) is 1.67. The number of aromatic nitrogens is 3. The predicted molar refractivity (Wildman–Crippen MR) is 72.8 cm³/mol. The molecule has 2 aromatic rings. The van der Waals surface area contributed by atoms with Crippen molar-refractivity contribution in [2.75, 3.05) is 0 Å². The summed E-state index contributed by atoms with van der Waals surface area (Å²) in [6.07, 6.45) is 5.47. The molecule has 4 heteroatoms. The fourth-order valence-electron chi connectivity index (χ4n) is 2.83. The molecule has 1 saturated carbocycles. The van der Waals surface area contributed by atoms with Crippen LogP contribution in [-0.2, 0) is 19.5 Å². The summed E-state index contributed by atoms with van der Waals surface area (Å²) in [6, 6.07) is 9.43. The first kappa shape index (κ1) is 11.2. The van der Waals surface area contributed by atoms with Gasteiger partial charge in [0.25, 0.3) is 0 Å². The summed E-state index contributed by atoms with van der Waals surface area (Å²) in [7, 11) is 0. The van der Waals surface area contributed by atoms with Crippen molar-refractivity contribution in [2.24, 2.45) is 0 Å². The van der Waals surface area contributed by atoms with E-state index in [0.717, 1.165) is 25.0 Å². The van der Waals surface area contributed by atoms with Crippen molar-refractivity contribution in [2.45, 2.75) is 44.3 Å². The molecule has 1 N–H and O–H groups in total. The van der Waals surface area contributed by atoms with Gasteiger partial charge in [0.05, 0.1) is 13.1 Å². The van der Waals surface area contributed by atoms with E-state index < -0.39 is 0 Å². The Balaban J connectivity index is 1.44. The molecule has 0 spiro atoms. The number of hydrogen-bond acceptors (Lipinski definition) is 3. The van der Waals surface area contributed by atoms with Crippen molar-refractivity contribution in [1.29, 1.82) is 0 Å². The van der Waals surface area contributed by atoms with E-state index in [-0.39, 0.29) is 0 Å². The first-order valence-corrected chi connectivity index (χ1v) is 7.08. The van der Waals surface area contributed by atoms with Gasteiger partial charge in [-0.2, -0.15) is 5.10 Å². The SMILES string of the molecule is c1ccc2c(c1)CC2Cn1ncnc1CNC1CC1. The van der Waals surface area contributed by atoms with Crippen LogP contribution in [0.5, 0.6) is 0 Å². The molecule has 1 aromatic carbocycles. The largest absolute Gasteiger partial charge is 0.307 e. The van der Waals surface area contributed by atoms with Crippen molar-refractivity contribution in [3.63, 3.8) is 0 Å². The summed E-state index contributed by atoms with van der Waals surface area (Å²) >= 11 is 0. The molecule has 1 atom stereocenters. The molecule has 19 heavy (non-hydrogen) atoms. The van der Waals surface area contributed by atoms with Gasteiger partial charge in [-0.3, -0.25) is 0 Å². The van der Waals surface area contributed by atoms with Gasteiger partial charge in [0.2, 0.25) is 0 Å². The van der Waals surface area contributed by atoms with E-state index in [2.05, 4.69) is 44.3 Å². The second-order valence-corrected chi connectivity index (χ2v) is 5.61. The van der Waals surface area contributed by atoms with Crippen molar-refractivity contribution < 1.29 is 0 Å². The Morgan fingerprint density at radius 3 is 3.00 bits per heavy atom. The predicted octanol–water partition coefficient (Wildman–Crippen LogP) is 1.87. The number of rotatable bonds is 5. The third kappa shape index (κ3) is 2.16. The Morgan fingerprint density at radius 2 is 2.16 bits per heavy atom. The Kier molecular flexibility index (Phi) is 2.62. The van der Waals surface area contributed by atoms with Gasteiger partial charge in [-0.1, -0.05) is 24.3 Å². The summed E-state index contributed by atoms with van der Waals surface area (Å²) in [5.41, 5.74) is 2.98. The van der Waals surface area contributed by atoms with Crippen molar-refractivity contribution in [3.8, 4) is 0 Å². The summed E-state index contributed by atoms with van der Waals surface area (Å²) in [6.45, 7) is 1.80. The molecule has 4 rings (SSSR count). The summed E-state index contributed by atoms with van der Waals surface area (Å²) in [5, 5.41) is 7.88. The lowest BCUT2D eigenvalue weighted by atomic mass is 9.78. The maximum absolute atomic E-state index is 4.37. The molecule has 2 aliphatic rings. The van der Waals surface area contributed by atoms with E-state index in [0.29, 0.717) is 5.92 Å². The van der Waals surface area contributed by atoms with Gasteiger partial charge in [0.15, 0.2) is 0 Å². The lowest BCUT2D eigenvalue weighted by Crippen LogP contribution is -2.25. The van der Waals surface area contributed by atoms with Gasteiger partial charge in [-0.25, -0.2) is 9.67 Å². The Bertz CT molecular complexity index is 585. The molecular formula is C15H18N4. The molecule has 4 nitrogen and oxygen atoms in total. The molecule has 0 bridgehead atoms. The van der Waals surface area contributed by atoms with Gasteiger partial charge in [0.1, 0.15) is 12.2 Å². The molecule has 98 valence electrons. The van der Waals surface area contributed by atoms with E-state index in [1.165, 1.54) is 30.4 Å². The van der Waals surface area contributed by atoms with Gasteiger partial charge < -0.3 is 5.32 Å². The molecule has 0 radical (unpaired) electrons. The number of hydrogen-bond donors (Lipinski definition) is 1. The molecule has 2 aliphatic carbocycles. The average Bonchev–Trinajstić information content (AvgIpc) is 3.13. The van der Waals surface area contributed by atoms with Crippen molar-refractivity contribution in [1.82, 2.24) is 20.1 Å². The monoisotopic (exact) mass is 254 g/mol. The molecular weight excluding hydrogens is 236 g/mol. The second kappa shape index (κ2) is 4.46. The van der Waals surface area contributed by atoms with Crippen LogP contribution in [0.25, 0.3) is 0 Å². The lowest BCUT2D eigenvalue weighted by Gasteiger charge is -2.30. The fourth-order valence-corrected chi connectivity index (χ4v) is 2.83. The Morgan fingerprint density at radius 1 is 1.26 bits per heavy atom. The number of nitrogens with one attached hydrogen (secondary N) is 1. The van der Waals surface area contributed by atoms with Crippen LogP contribution in [0.4, 0.5) is 0 Å². The highest BCUT2D eigenvalue weighted by Crippen LogP contribution is 2.35. The third-order valence-corrected chi connectivity index (χ3v) is 4.18. The van der Waals surface area contributed by atoms with E-state index in [1.807, 2.05) is 0 Å². The van der Waals surface area contributed by atoms with Crippen LogP contribution in [0, 0.1) is 0 Å². The van der Waals surface area contributed by atoms with Gasteiger partial charge in [-0.05, 0) is 30.4 Å².